The Labute approximate surface area is 165 Å². The highest BCUT2D eigenvalue weighted by atomic mass is 35.5. The van der Waals surface area contributed by atoms with Crippen LogP contribution in [0, 0.1) is 0 Å². The molecule has 1 aliphatic heterocycles. The van der Waals surface area contributed by atoms with Gasteiger partial charge in [-0.1, -0.05) is 18.2 Å². The maximum atomic E-state index is 13.0. The van der Waals surface area contributed by atoms with Crippen molar-refractivity contribution < 1.29 is 22.4 Å². The summed E-state index contributed by atoms with van der Waals surface area (Å²) in [6, 6.07) is 10.5. The van der Waals surface area contributed by atoms with Gasteiger partial charge in [-0.15, -0.1) is 12.4 Å². The molecule has 1 atom stereocenters. The van der Waals surface area contributed by atoms with E-state index in [2.05, 4.69) is 5.32 Å². The molecule has 9 heteroatoms. The zero-order chi connectivity index (χ0) is 18.7. The number of para-hydroxylation sites is 1. The topological polar surface area (TPSA) is 88.9 Å². The third kappa shape index (κ3) is 5.03. The monoisotopic (exact) mass is 414 g/mol. The molecule has 1 amide bonds. The molecule has 0 radical (unpaired) electrons. The lowest BCUT2D eigenvalue weighted by Crippen LogP contribution is -2.48. The molecular formula is C18H23ClN2O5S. The first-order valence-corrected chi connectivity index (χ1v) is 10.4. The number of sulfone groups is 1. The van der Waals surface area contributed by atoms with Gasteiger partial charge < -0.3 is 19.4 Å². The van der Waals surface area contributed by atoms with Gasteiger partial charge in [-0.2, -0.15) is 0 Å². The first kappa shape index (κ1) is 21.3. The Kier molecular flexibility index (Phi) is 6.91. The lowest BCUT2D eigenvalue weighted by atomic mass is 10.0. The van der Waals surface area contributed by atoms with Crippen LogP contribution in [0.3, 0.4) is 0 Å². The number of halogens is 1. The third-order valence-electron chi connectivity index (χ3n) is 4.28. The predicted molar refractivity (Wildman–Crippen MR) is 104 cm³/mol. The van der Waals surface area contributed by atoms with Crippen LogP contribution in [-0.2, 0) is 15.6 Å². The van der Waals surface area contributed by atoms with Crippen LogP contribution in [0.2, 0.25) is 0 Å². The number of furan rings is 1. The number of hydrogen-bond donors (Lipinski definition) is 1. The van der Waals surface area contributed by atoms with Crippen molar-refractivity contribution >= 4 is 28.2 Å². The summed E-state index contributed by atoms with van der Waals surface area (Å²) in [6.07, 6.45) is 1.13. The van der Waals surface area contributed by atoms with Crippen molar-refractivity contribution in [3.8, 4) is 5.75 Å². The van der Waals surface area contributed by atoms with Gasteiger partial charge in [0.15, 0.2) is 15.6 Å². The number of hydrogen-bond acceptors (Lipinski definition) is 6. The highest BCUT2D eigenvalue weighted by Crippen LogP contribution is 2.31. The number of benzene rings is 1. The Bertz CT molecular complexity index is 897. The van der Waals surface area contributed by atoms with E-state index >= 15 is 0 Å². The van der Waals surface area contributed by atoms with Crippen LogP contribution >= 0.6 is 12.4 Å². The van der Waals surface area contributed by atoms with Gasteiger partial charge >= 0.3 is 0 Å². The van der Waals surface area contributed by atoms with E-state index in [-0.39, 0.29) is 41.6 Å². The molecule has 0 bridgehead atoms. The maximum Gasteiger partial charge on any atom is 0.290 e. The summed E-state index contributed by atoms with van der Waals surface area (Å²) in [6.45, 7) is 1.79. The lowest BCUT2D eigenvalue weighted by molar-refractivity contribution is 0.0597. The molecule has 1 aliphatic rings. The second-order valence-corrected chi connectivity index (χ2v) is 8.44. The van der Waals surface area contributed by atoms with Crippen LogP contribution in [0.5, 0.6) is 5.75 Å². The van der Waals surface area contributed by atoms with Gasteiger partial charge in [0.05, 0.1) is 13.2 Å². The number of nitrogens with zero attached hydrogens (tertiary/aromatic N) is 1. The molecule has 1 fully saturated rings. The van der Waals surface area contributed by atoms with Crippen molar-refractivity contribution in [3.63, 3.8) is 0 Å². The molecule has 2 heterocycles. The van der Waals surface area contributed by atoms with Crippen molar-refractivity contribution in [2.45, 2.75) is 11.8 Å². The van der Waals surface area contributed by atoms with E-state index in [4.69, 9.17) is 9.15 Å². The fourth-order valence-electron chi connectivity index (χ4n) is 3.14. The summed E-state index contributed by atoms with van der Waals surface area (Å²) in [5.74, 6) is 0.640. The summed E-state index contributed by atoms with van der Waals surface area (Å²) < 4.78 is 33.8. The number of carbonyl (C=O) groups is 1. The van der Waals surface area contributed by atoms with Gasteiger partial charge in [-0.05, 0) is 18.2 Å². The predicted octanol–water partition coefficient (Wildman–Crippen LogP) is 2.04. The Hall–Kier alpha value is -2.03. The van der Waals surface area contributed by atoms with E-state index in [1.54, 1.807) is 12.0 Å². The molecule has 0 aliphatic carbocycles. The first-order chi connectivity index (χ1) is 12.4. The van der Waals surface area contributed by atoms with Gasteiger partial charge in [0.2, 0.25) is 0 Å². The molecule has 0 spiro atoms. The van der Waals surface area contributed by atoms with Gasteiger partial charge in [0, 0.05) is 31.5 Å². The van der Waals surface area contributed by atoms with Gasteiger partial charge in [-0.25, -0.2) is 8.42 Å². The Morgan fingerprint density at radius 2 is 2.04 bits per heavy atom. The molecule has 27 heavy (non-hydrogen) atoms. The molecule has 1 aromatic carbocycles. The summed E-state index contributed by atoms with van der Waals surface area (Å²) in [4.78, 5) is 14.7. The van der Waals surface area contributed by atoms with E-state index in [0.29, 0.717) is 19.6 Å². The van der Waals surface area contributed by atoms with E-state index in [0.717, 1.165) is 17.6 Å². The minimum Gasteiger partial charge on any atom is -0.496 e. The fraction of sp³-hybridized carbons (Fsp3) is 0.389. The zero-order valence-corrected chi connectivity index (χ0v) is 16.8. The molecule has 1 saturated heterocycles. The average Bonchev–Trinajstić information content (AvgIpc) is 3.07. The standard InChI is InChI=1S/C18H22N2O5S.ClH/c1-24-16-6-4-3-5-14(16)15-11-19-9-10-20(15)18(21)17-8-7-13(25-17)12-26(2,22)23;/h3-8,15,19H,9-12H2,1-2H3;1H. The van der Waals surface area contributed by atoms with Crippen molar-refractivity contribution in [3.05, 3.63) is 53.5 Å². The summed E-state index contributed by atoms with van der Waals surface area (Å²) in [7, 11) is -1.62. The van der Waals surface area contributed by atoms with Crippen LogP contribution in [-0.4, -0.2) is 52.2 Å². The van der Waals surface area contributed by atoms with Crippen LogP contribution in [0.15, 0.2) is 40.8 Å². The van der Waals surface area contributed by atoms with Crippen molar-refractivity contribution in [2.75, 3.05) is 33.0 Å². The van der Waals surface area contributed by atoms with E-state index in [9.17, 15) is 13.2 Å². The second kappa shape index (κ2) is 8.77. The Morgan fingerprint density at radius 1 is 1.30 bits per heavy atom. The number of amides is 1. The van der Waals surface area contributed by atoms with Crippen LogP contribution in [0.25, 0.3) is 0 Å². The molecule has 1 unspecified atom stereocenters. The quantitative estimate of drug-likeness (QED) is 0.805. The molecule has 7 nitrogen and oxygen atoms in total. The minimum atomic E-state index is -3.22. The normalized spacial score (nSPS) is 17.3. The van der Waals surface area contributed by atoms with Crippen LogP contribution < -0.4 is 10.1 Å². The molecule has 0 saturated carbocycles. The Balaban J connectivity index is 0.00000261. The molecule has 2 aromatic rings. The van der Waals surface area contributed by atoms with Crippen molar-refractivity contribution in [1.29, 1.82) is 0 Å². The average molecular weight is 415 g/mol. The number of carbonyl (C=O) groups excluding carboxylic acids is 1. The van der Waals surface area contributed by atoms with Gasteiger partial charge in [0.25, 0.3) is 5.91 Å². The van der Waals surface area contributed by atoms with Crippen molar-refractivity contribution in [1.82, 2.24) is 10.2 Å². The lowest BCUT2D eigenvalue weighted by Gasteiger charge is -2.36. The number of piperazine rings is 1. The zero-order valence-electron chi connectivity index (χ0n) is 15.2. The molecular weight excluding hydrogens is 392 g/mol. The SMILES string of the molecule is COc1ccccc1C1CNCCN1C(=O)c1ccc(CS(C)(=O)=O)o1.Cl. The molecule has 1 N–H and O–H groups in total. The third-order valence-corrected chi connectivity index (χ3v) is 5.09. The van der Waals surface area contributed by atoms with Gasteiger partial charge in [-0.3, -0.25) is 4.79 Å². The van der Waals surface area contributed by atoms with Crippen molar-refractivity contribution in [2.24, 2.45) is 0 Å². The number of methoxy groups -OCH3 is 1. The number of rotatable bonds is 5. The Morgan fingerprint density at radius 3 is 2.74 bits per heavy atom. The van der Waals surface area contributed by atoms with Gasteiger partial charge in [0.1, 0.15) is 17.3 Å². The highest BCUT2D eigenvalue weighted by Gasteiger charge is 2.32. The minimum absolute atomic E-state index is 0. The largest absolute Gasteiger partial charge is 0.496 e. The number of nitrogens with one attached hydrogen (secondary N) is 1. The highest BCUT2D eigenvalue weighted by molar-refractivity contribution is 7.89. The molecule has 148 valence electrons. The second-order valence-electron chi connectivity index (χ2n) is 6.30. The summed E-state index contributed by atoms with van der Waals surface area (Å²) >= 11 is 0. The molecule has 3 rings (SSSR count). The molecule has 1 aromatic heterocycles. The smallest absolute Gasteiger partial charge is 0.290 e. The van der Waals surface area contributed by atoms with E-state index in [1.165, 1.54) is 12.1 Å². The van der Waals surface area contributed by atoms with Crippen LogP contribution in [0.1, 0.15) is 27.9 Å². The van der Waals surface area contributed by atoms with E-state index < -0.39 is 9.84 Å². The van der Waals surface area contributed by atoms with Crippen LogP contribution in [0.4, 0.5) is 0 Å². The number of ether oxygens (including phenoxy) is 1. The van der Waals surface area contributed by atoms with E-state index in [1.807, 2.05) is 24.3 Å². The summed E-state index contributed by atoms with van der Waals surface area (Å²) in [5, 5.41) is 3.30. The fourth-order valence-corrected chi connectivity index (χ4v) is 3.81. The maximum absolute atomic E-state index is 13.0. The summed E-state index contributed by atoms with van der Waals surface area (Å²) in [5.41, 5.74) is 0.915. The first-order valence-electron chi connectivity index (χ1n) is 8.30.